The fraction of sp³-hybridized carbons (Fsp3) is 0.214. The number of nitrogens with zero attached hydrogens (tertiary/aromatic N) is 3. The number of carbonyl (C=O) groups is 1. The third-order valence-electron chi connectivity index (χ3n) is 5.85. The number of amides is 1. The molecule has 0 fully saturated rings. The van der Waals surface area contributed by atoms with E-state index in [2.05, 4.69) is 0 Å². The molecular weight excluding hydrogens is 442 g/mol. The molecule has 0 aliphatic heterocycles. The Balaban J connectivity index is 1.59. The number of carbonyl (C=O) groups excluding carboxylic acids is 1. The molecular formula is C28H29N3O4. The van der Waals surface area contributed by atoms with Crippen LogP contribution in [0.1, 0.15) is 16.1 Å². The van der Waals surface area contributed by atoms with Crippen LogP contribution in [0.2, 0.25) is 0 Å². The third-order valence-corrected chi connectivity index (χ3v) is 5.85. The van der Waals surface area contributed by atoms with Crippen molar-refractivity contribution in [2.75, 3.05) is 34.9 Å². The minimum atomic E-state index is -0.110. The number of ether oxygens (including phenoxy) is 3. The van der Waals surface area contributed by atoms with Crippen LogP contribution in [0.4, 0.5) is 0 Å². The fourth-order valence-corrected chi connectivity index (χ4v) is 3.83. The summed E-state index contributed by atoms with van der Waals surface area (Å²) in [5, 5.41) is 4.77. The number of para-hydroxylation sites is 1. The van der Waals surface area contributed by atoms with Crippen LogP contribution in [0.5, 0.6) is 17.2 Å². The molecule has 0 N–H and O–H groups in total. The summed E-state index contributed by atoms with van der Waals surface area (Å²) in [6.45, 7) is 0.534. The molecule has 4 aromatic rings. The first kappa shape index (κ1) is 23.9. The van der Waals surface area contributed by atoms with Gasteiger partial charge in [0.2, 0.25) is 0 Å². The van der Waals surface area contributed by atoms with Gasteiger partial charge in [0.15, 0.2) is 11.5 Å². The van der Waals surface area contributed by atoms with Crippen LogP contribution in [0, 0.1) is 0 Å². The second-order valence-electron chi connectivity index (χ2n) is 8.06. The van der Waals surface area contributed by atoms with Crippen molar-refractivity contribution in [1.29, 1.82) is 0 Å². The van der Waals surface area contributed by atoms with Crippen LogP contribution in [0.3, 0.4) is 0 Å². The number of rotatable bonds is 9. The first-order valence-corrected chi connectivity index (χ1v) is 11.3. The maximum Gasteiger partial charge on any atom is 0.272 e. The molecule has 0 radical (unpaired) electrons. The van der Waals surface area contributed by atoms with Crippen molar-refractivity contribution in [3.63, 3.8) is 0 Å². The maximum absolute atomic E-state index is 13.5. The molecule has 0 spiro atoms. The number of hydrogen-bond donors (Lipinski definition) is 0. The van der Waals surface area contributed by atoms with Crippen LogP contribution in [0.15, 0.2) is 78.9 Å². The smallest absolute Gasteiger partial charge is 0.272 e. The minimum Gasteiger partial charge on any atom is -0.497 e. The molecule has 0 saturated carbocycles. The number of benzene rings is 3. The number of likely N-dealkylation sites (N-methyl/N-ethyl adjacent to an activating group) is 1. The quantitative estimate of drug-likeness (QED) is 0.348. The highest BCUT2D eigenvalue weighted by atomic mass is 16.5. The Bertz CT molecular complexity index is 1280. The fourth-order valence-electron chi connectivity index (χ4n) is 3.83. The zero-order chi connectivity index (χ0) is 24.8. The van der Waals surface area contributed by atoms with Gasteiger partial charge in [0, 0.05) is 19.2 Å². The summed E-state index contributed by atoms with van der Waals surface area (Å²) < 4.78 is 17.7. The molecule has 3 aromatic carbocycles. The van der Waals surface area contributed by atoms with Crippen molar-refractivity contribution in [3.05, 3.63) is 90.1 Å². The molecule has 0 unspecified atom stereocenters. The zero-order valence-electron chi connectivity index (χ0n) is 20.4. The standard InChI is InChI=1S/C28H29N3O4/c1-30(17-16-20-10-15-26(34-3)27(18-20)35-4)28(32)25-19-24(21-11-13-23(33-2)14-12-21)29-31(25)22-8-6-5-7-9-22/h5-15,18-19H,16-17H2,1-4H3. The normalized spacial score (nSPS) is 10.6. The lowest BCUT2D eigenvalue weighted by molar-refractivity contribution is 0.0787. The van der Waals surface area contributed by atoms with Crippen LogP contribution < -0.4 is 14.2 Å². The van der Waals surface area contributed by atoms with Gasteiger partial charge in [0.05, 0.1) is 32.7 Å². The van der Waals surface area contributed by atoms with Crippen molar-refractivity contribution < 1.29 is 19.0 Å². The van der Waals surface area contributed by atoms with E-state index in [1.165, 1.54) is 0 Å². The predicted molar refractivity (Wildman–Crippen MR) is 136 cm³/mol. The Morgan fingerprint density at radius 3 is 2.23 bits per heavy atom. The molecule has 35 heavy (non-hydrogen) atoms. The van der Waals surface area contributed by atoms with E-state index in [0.29, 0.717) is 35.9 Å². The largest absolute Gasteiger partial charge is 0.497 e. The molecule has 1 amide bonds. The van der Waals surface area contributed by atoms with E-state index in [1.54, 1.807) is 38.0 Å². The van der Waals surface area contributed by atoms with E-state index in [9.17, 15) is 4.79 Å². The average molecular weight is 472 g/mol. The Morgan fingerprint density at radius 1 is 0.857 bits per heavy atom. The molecule has 1 aromatic heterocycles. The Kier molecular flexibility index (Phi) is 7.35. The summed E-state index contributed by atoms with van der Waals surface area (Å²) in [4.78, 5) is 15.2. The monoisotopic (exact) mass is 471 g/mol. The molecule has 0 aliphatic carbocycles. The summed E-state index contributed by atoms with van der Waals surface area (Å²) in [5.41, 5.74) is 3.99. The number of hydrogen-bond acceptors (Lipinski definition) is 5. The maximum atomic E-state index is 13.5. The van der Waals surface area contributed by atoms with Crippen LogP contribution >= 0.6 is 0 Å². The second-order valence-corrected chi connectivity index (χ2v) is 8.06. The van der Waals surface area contributed by atoms with Gasteiger partial charge in [0.25, 0.3) is 5.91 Å². The van der Waals surface area contributed by atoms with Crippen molar-refractivity contribution in [2.24, 2.45) is 0 Å². The Morgan fingerprint density at radius 2 is 1.57 bits per heavy atom. The van der Waals surface area contributed by atoms with Gasteiger partial charge in [-0.3, -0.25) is 4.79 Å². The van der Waals surface area contributed by atoms with Crippen molar-refractivity contribution in [2.45, 2.75) is 6.42 Å². The lowest BCUT2D eigenvalue weighted by Crippen LogP contribution is -2.30. The number of aromatic nitrogens is 2. The Hall–Kier alpha value is -4.26. The van der Waals surface area contributed by atoms with Gasteiger partial charge in [-0.05, 0) is 66.6 Å². The van der Waals surface area contributed by atoms with Crippen molar-refractivity contribution >= 4 is 5.91 Å². The van der Waals surface area contributed by atoms with Crippen molar-refractivity contribution in [3.8, 4) is 34.2 Å². The predicted octanol–water partition coefficient (Wildman–Crippen LogP) is 4.88. The number of methoxy groups -OCH3 is 3. The summed E-state index contributed by atoms with van der Waals surface area (Å²) in [7, 11) is 6.66. The lowest BCUT2D eigenvalue weighted by Gasteiger charge is -2.18. The average Bonchev–Trinajstić information content (AvgIpc) is 3.37. The molecule has 0 aliphatic rings. The first-order chi connectivity index (χ1) is 17.0. The zero-order valence-corrected chi connectivity index (χ0v) is 20.4. The van der Waals surface area contributed by atoms with Crippen LogP contribution in [-0.2, 0) is 6.42 Å². The topological polar surface area (TPSA) is 65.8 Å². The summed E-state index contributed by atoms with van der Waals surface area (Å²) >= 11 is 0. The SMILES string of the molecule is COc1ccc(-c2cc(C(=O)N(C)CCc3ccc(OC)c(OC)c3)n(-c3ccccc3)n2)cc1. The van der Waals surface area contributed by atoms with Gasteiger partial charge in [-0.25, -0.2) is 4.68 Å². The summed E-state index contributed by atoms with van der Waals surface area (Å²) in [6, 6.07) is 24.9. The van der Waals surface area contributed by atoms with E-state index in [4.69, 9.17) is 19.3 Å². The van der Waals surface area contributed by atoms with Gasteiger partial charge in [-0.2, -0.15) is 5.10 Å². The molecule has 180 valence electrons. The van der Waals surface area contributed by atoms with E-state index in [-0.39, 0.29) is 5.91 Å². The molecule has 0 bridgehead atoms. The van der Waals surface area contributed by atoms with Gasteiger partial charge >= 0.3 is 0 Å². The molecule has 4 rings (SSSR count). The van der Waals surface area contributed by atoms with Gasteiger partial charge in [-0.1, -0.05) is 24.3 Å². The lowest BCUT2D eigenvalue weighted by atomic mass is 10.1. The summed E-state index contributed by atoms with van der Waals surface area (Å²) in [6.07, 6.45) is 0.674. The third kappa shape index (κ3) is 5.30. The molecule has 0 saturated heterocycles. The highest BCUT2D eigenvalue weighted by Crippen LogP contribution is 2.28. The Labute approximate surface area is 205 Å². The highest BCUT2D eigenvalue weighted by Gasteiger charge is 2.21. The van der Waals surface area contributed by atoms with Gasteiger partial charge in [0.1, 0.15) is 11.4 Å². The molecule has 7 nitrogen and oxygen atoms in total. The molecule has 0 atom stereocenters. The molecule has 7 heteroatoms. The second kappa shape index (κ2) is 10.8. The first-order valence-electron chi connectivity index (χ1n) is 11.3. The van der Waals surface area contributed by atoms with Gasteiger partial charge < -0.3 is 19.1 Å². The summed E-state index contributed by atoms with van der Waals surface area (Å²) in [5.74, 6) is 2.01. The minimum absolute atomic E-state index is 0.110. The van der Waals surface area contributed by atoms with E-state index < -0.39 is 0 Å². The molecule has 1 heterocycles. The van der Waals surface area contributed by atoms with E-state index in [0.717, 1.165) is 22.6 Å². The van der Waals surface area contributed by atoms with Gasteiger partial charge in [-0.15, -0.1) is 0 Å². The van der Waals surface area contributed by atoms with Crippen LogP contribution in [-0.4, -0.2) is 55.5 Å². The van der Waals surface area contributed by atoms with E-state index in [1.807, 2.05) is 78.9 Å². The van der Waals surface area contributed by atoms with Crippen molar-refractivity contribution in [1.82, 2.24) is 14.7 Å². The van der Waals surface area contributed by atoms with Crippen LogP contribution in [0.25, 0.3) is 16.9 Å². The van der Waals surface area contributed by atoms with E-state index >= 15 is 0 Å². The highest BCUT2D eigenvalue weighted by molar-refractivity contribution is 5.94.